The minimum Gasteiger partial charge on any atom is -0.363 e. The molecule has 1 amide bonds. The van der Waals surface area contributed by atoms with Gasteiger partial charge in [-0.15, -0.1) is 6.58 Å². The van der Waals surface area contributed by atoms with Gasteiger partial charge in [0.2, 0.25) is 0 Å². The summed E-state index contributed by atoms with van der Waals surface area (Å²) in [6.07, 6.45) is 2.99. The molecule has 90 valence electrons. The van der Waals surface area contributed by atoms with Gasteiger partial charge in [0.25, 0.3) is 5.91 Å². The summed E-state index contributed by atoms with van der Waals surface area (Å²) < 4.78 is 5.56. The van der Waals surface area contributed by atoms with Gasteiger partial charge in [0, 0.05) is 6.54 Å². The van der Waals surface area contributed by atoms with E-state index in [4.69, 9.17) is 4.74 Å². The number of hydrogen-bond acceptors (Lipinski definition) is 2. The molecule has 3 heteroatoms. The third-order valence-corrected chi connectivity index (χ3v) is 2.88. The molecule has 0 saturated heterocycles. The van der Waals surface area contributed by atoms with E-state index in [9.17, 15) is 4.79 Å². The number of carbonyl (C=O) groups excluding carboxylic acids is 1. The number of amides is 1. The fraction of sp³-hybridized carbons (Fsp3) is 0.357. The summed E-state index contributed by atoms with van der Waals surface area (Å²) in [5, 5.41) is 2.86. The lowest BCUT2D eigenvalue weighted by Gasteiger charge is -2.25. The highest BCUT2D eigenvalue weighted by molar-refractivity contribution is 5.82. The maximum absolute atomic E-state index is 12.0. The van der Waals surface area contributed by atoms with Crippen LogP contribution in [0, 0.1) is 0 Å². The van der Waals surface area contributed by atoms with E-state index in [2.05, 4.69) is 18.0 Å². The molecule has 1 atom stereocenters. The predicted molar refractivity (Wildman–Crippen MR) is 66.7 cm³/mol. The smallest absolute Gasteiger partial charge is 0.253 e. The van der Waals surface area contributed by atoms with Crippen LogP contribution in [0.1, 0.15) is 23.7 Å². The molecule has 17 heavy (non-hydrogen) atoms. The molecular formula is C14H17NO2. The highest BCUT2D eigenvalue weighted by Gasteiger charge is 2.26. The number of rotatable bonds is 4. The first-order valence-electron chi connectivity index (χ1n) is 5.91. The largest absolute Gasteiger partial charge is 0.363 e. The van der Waals surface area contributed by atoms with Crippen LogP contribution in [-0.2, 0) is 16.0 Å². The lowest BCUT2D eigenvalue weighted by Crippen LogP contribution is -2.34. The molecule has 1 aromatic carbocycles. The van der Waals surface area contributed by atoms with Gasteiger partial charge in [-0.25, -0.2) is 0 Å². The molecule has 2 rings (SSSR count). The average Bonchev–Trinajstić information content (AvgIpc) is 2.38. The molecule has 1 aliphatic heterocycles. The average molecular weight is 231 g/mol. The third kappa shape index (κ3) is 2.74. The Morgan fingerprint density at radius 3 is 3.18 bits per heavy atom. The molecule has 0 bridgehead atoms. The van der Waals surface area contributed by atoms with Gasteiger partial charge in [0.15, 0.2) is 6.10 Å². The Morgan fingerprint density at radius 1 is 1.53 bits per heavy atom. The second kappa shape index (κ2) is 5.64. The van der Waals surface area contributed by atoms with Crippen molar-refractivity contribution in [3.8, 4) is 0 Å². The molecule has 0 aliphatic carbocycles. The summed E-state index contributed by atoms with van der Waals surface area (Å²) in [4.78, 5) is 12.0. The lowest BCUT2D eigenvalue weighted by molar-refractivity contribution is -0.134. The van der Waals surface area contributed by atoms with E-state index in [0.29, 0.717) is 13.2 Å². The zero-order valence-electron chi connectivity index (χ0n) is 9.82. The number of benzene rings is 1. The zero-order chi connectivity index (χ0) is 12.1. The molecule has 1 heterocycles. The normalized spacial score (nSPS) is 18.2. The van der Waals surface area contributed by atoms with Crippen molar-refractivity contribution in [1.29, 1.82) is 0 Å². The molecule has 1 N–H and O–H groups in total. The summed E-state index contributed by atoms with van der Waals surface area (Å²) in [6, 6.07) is 7.96. The Hall–Kier alpha value is -1.61. The molecule has 3 nitrogen and oxygen atoms in total. The fourth-order valence-electron chi connectivity index (χ4n) is 2.00. The maximum Gasteiger partial charge on any atom is 0.253 e. The van der Waals surface area contributed by atoms with Crippen molar-refractivity contribution < 1.29 is 9.53 Å². The quantitative estimate of drug-likeness (QED) is 0.635. The summed E-state index contributed by atoms with van der Waals surface area (Å²) in [6.45, 7) is 4.85. The van der Waals surface area contributed by atoms with Crippen molar-refractivity contribution >= 4 is 5.91 Å². The van der Waals surface area contributed by atoms with Gasteiger partial charge in [-0.2, -0.15) is 0 Å². The summed E-state index contributed by atoms with van der Waals surface area (Å²) in [5.74, 6) is -0.0565. The van der Waals surface area contributed by atoms with Gasteiger partial charge in [-0.05, 0) is 24.0 Å². The van der Waals surface area contributed by atoms with Crippen LogP contribution in [0.3, 0.4) is 0 Å². The SMILES string of the molecule is C=CCCNC(=O)C1OCCc2ccccc21. The molecule has 0 saturated carbocycles. The summed E-state index contributed by atoms with van der Waals surface area (Å²) in [7, 11) is 0. The van der Waals surface area contributed by atoms with Crippen LogP contribution >= 0.6 is 0 Å². The van der Waals surface area contributed by atoms with E-state index in [0.717, 1.165) is 18.4 Å². The molecule has 1 unspecified atom stereocenters. The molecule has 0 radical (unpaired) electrons. The highest BCUT2D eigenvalue weighted by atomic mass is 16.5. The number of nitrogens with one attached hydrogen (secondary N) is 1. The zero-order valence-corrected chi connectivity index (χ0v) is 9.82. The highest BCUT2D eigenvalue weighted by Crippen LogP contribution is 2.26. The molecule has 0 fully saturated rings. The first kappa shape index (κ1) is 11.9. The van der Waals surface area contributed by atoms with Crippen molar-refractivity contribution in [3.63, 3.8) is 0 Å². The second-order valence-electron chi connectivity index (χ2n) is 4.07. The Morgan fingerprint density at radius 2 is 2.35 bits per heavy atom. The van der Waals surface area contributed by atoms with Crippen molar-refractivity contribution in [2.24, 2.45) is 0 Å². The standard InChI is InChI=1S/C14H17NO2/c1-2-3-9-15-14(16)13-12-7-5-4-6-11(12)8-10-17-13/h2,4-7,13H,1,3,8-10H2,(H,15,16). The lowest BCUT2D eigenvalue weighted by atomic mass is 9.97. The van der Waals surface area contributed by atoms with Gasteiger partial charge in [-0.1, -0.05) is 30.3 Å². The van der Waals surface area contributed by atoms with Gasteiger partial charge < -0.3 is 10.1 Å². The van der Waals surface area contributed by atoms with Crippen LogP contribution in [0.15, 0.2) is 36.9 Å². The molecular weight excluding hydrogens is 214 g/mol. The predicted octanol–water partition coefficient (Wildman–Crippen LogP) is 1.99. The summed E-state index contributed by atoms with van der Waals surface area (Å²) >= 11 is 0. The Kier molecular flexibility index (Phi) is 3.94. The molecule has 0 spiro atoms. The monoisotopic (exact) mass is 231 g/mol. The van der Waals surface area contributed by atoms with Crippen LogP contribution in [0.2, 0.25) is 0 Å². The third-order valence-electron chi connectivity index (χ3n) is 2.88. The van der Waals surface area contributed by atoms with Crippen LogP contribution < -0.4 is 5.32 Å². The number of fused-ring (bicyclic) bond motifs is 1. The van der Waals surface area contributed by atoms with E-state index in [1.807, 2.05) is 18.2 Å². The second-order valence-corrected chi connectivity index (χ2v) is 4.07. The number of carbonyl (C=O) groups is 1. The van der Waals surface area contributed by atoms with Crippen LogP contribution in [-0.4, -0.2) is 19.1 Å². The Bertz CT molecular complexity index is 414. The van der Waals surface area contributed by atoms with Crippen molar-refractivity contribution in [2.75, 3.05) is 13.2 Å². The summed E-state index contributed by atoms with van der Waals surface area (Å²) in [5.41, 5.74) is 2.21. The molecule has 0 aromatic heterocycles. The first-order chi connectivity index (χ1) is 8.33. The Labute approximate surface area is 101 Å². The van der Waals surface area contributed by atoms with E-state index < -0.39 is 6.10 Å². The van der Waals surface area contributed by atoms with Crippen molar-refractivity contribution in [2.45, 2.75) is 18.9 Å². The molecule has 1 aliphatic rings. The molecule has 1 aromatic rings. The number of ether oxygens (including phenoxy) is 1. The first-order valence-corrected chi connectivity index (χ1v) is 5.91. The van der Waals surface area contributed by atoms with Gasteiger partial charge in [0.1, 0.15) is 0 Å². The van der Waals surface area contributed by atoms with E-state index >= 15 is 0 Å². The minimum absolute atomic E-state index is 0.0565. The Balaban J connectivity index is 2.07. The topological polar surface area (TPSA) is 38.3 Å². The van der Waals surface area contributed by atoms with Crippen LogP contribution in [0.25, 0.3) is 0 Å². The maximum atomic E-state index is 12.0. The van der Waals surface area contributed by atoms with E-state index in [-0.39, 0.29) is 5.91 Å². The van der Waals surface area contributed by atoms with E-state index in [1.54, 1.807) is 6.08 Å². The minimum atomic E-state index is -0.454. The van der Waals surface area contributed by atoms with Crippen LogP contribution in [0.4, 0.5) is 0 Å². The van der Waals surface area contributed by atoms with Gasteiger partial charge >= 0.3 is 0 Å². The fourth-order valence-corrected chi connectivity index (χ4v) is 2.00. The number of hydrogen-bond donors (Lipinski definition) is 1. The van der Waals surface area contributed by atoms with Gasteiger partial charge in [-0.3, -0.25) is 4.79 Å². The van der Waals surface area contributed by atoms with Gasteiger partial charge in [0.05, 0.1) is 6.61 Å². The van der Waals surface area contributed by atoms with Crippen LogP contribution in [0.5, 0.6) is 0 Å². The van der Waals surface area contributed by atoms with E-state index in [1.165, 1.54) is 5.56 Å². The van der Waals surface area contributed by atoms with Crippen molar-refractivity contribution in [3.05, 3.63) is 48.0 Å². The van der Waals surface area contributed by atoms with Crippen molar-refractivity contribution in [1.82, 2.24) is 5.32 Å².